The highest BCUT2D eigenvalue weighted by Crippen LogP contribution is 2.21. The summed E-state index contributed by atoms with van der Waals surface area (Å²) in [5.41, 5.74) is 0.463. The van der Waals surface area contributed by atoms with E-state index in [9.17, 15) is 14.7 Å². The number of amides is 1. The number of hydrogen-bond donors (Lipinski definition) is 3. The van der Waals surface area contributed by atoms with Crippen LogP contribution in [0, 0.1) is 5.92 Å². The Morgan fingerprint density at radius 2 is 2.26 bits per heavy atom. The van der Waals surface area contributed by atoms with E-state index in [0.29, 0.717) is 36.8 Å². The first-order chi connectivity index (χ1) is 11.2. The molecule has 0 spiro atoms. The molecule has 1 atom stereocenters. The third-order valence-corrected chi connectivity index (χ3v) is 4.27. The van der Waals surface area contributed by atoms with Crippen molar-refractivity contribution in [3.63, 3.8) is 0 Å². The summed E-state index contributed by atoms with van der Waals surface area (Å²) in [6.07, 6.45) is 3.71. The van der Waals surface area contributed by atoms with Crippen molar-refractivity contribution in [1.82, 2.24) is 19.9 Å². The van der Waals surface area contributed by atoms with Crippen molar-refractivity contribution in [3.8, 4) is 0 Å². The number of aromatic amines is 1. The van der Waals surface area contributed by atoms with Crippen LogP contribution in [0.5, 0.6) is 0 Å². The molecule has 0 aromatic carbocycles. The number of carbonyl (C=O) groups excluding carboxylic acids is 1. The fraction of sp³-hybridized carbons (Fsp3) is 0.533. The number of fused-ring (bicyclic) bond motifs is 1. The fourth-order valence-corrected chi connectivity index (χ4v) is 2.97. The minimum atomic E-state index is -0.383. The van der Waals surface area contributed by atoms with Crippen molar-refractivity contribution < 1.29 is 14.6 Å². The summed E-state index contributed by atoms with van der Waals surface area (Å²) in [6, 6.07) is 3.14. The lowest BCUT2D eigenvalue weighted by Crippen LogP contribution is -2.43. The van der Waals surface area contributed by atoms with Crippen molar-refractivity contribution in [2.24, 2.45) is 5.92 Å². The fourth-order valence-electron chi connectivity index (χ4n) is 2.97. The molecule has 1 fully saturated rings. The van der Waals surface area contributed by atoms with E-state index in [0.717, 1.165) is 12.8 Å². The molecular weight excluding hydrogens is 300 g/mol. The van der Waals surface area contributed by atoms with Gasteiger partial charge in [0.05, 0.1) is 5.56 Å². The largest absolute Gasteiger partial charge is 0.396 e. The van der Waals surface area contributed by atoms with Crippen LogP contribution in [0.25, 0.3) is 5.65 Å². The zero-order valence-corrected chi connectivity index (χ0v) is 12.7. The highest BCUT2D eigenvalue weighted by molar-refractivity contribution is 5.94. The van der Waals surface area contributed by atoms with Crippen LogP contribution < -0.4 is 11.0 Å². The molecule has 3 rings (SSSR count). The van der Waals surface area contributed by atoms with Gasteiger partial charge in [-0.2, -0.15) is 5.10 Å². The SMILES string of the molecule is O=C(NC(CCO)C1CCOCC1)c1ccc2n[nH]c(=O)n2c1. The average molecular weight is 320 g/mol. The van der Waals surface area contributed by atoms with Crippen molar-refractivity contribution in [3.05, 3.63) is 34.4 Å². The monoisotopic (exact) mass is 320 g/mol. The van der Waals surface area contributed by atoms with Gasteiger partial charge in [-0.25, -0.2) is 14.3 Å². The molecule has 0 radical (unpaired) electrons. The van der Waals surface area contributed by atoms with Gasteiger partial charge in [0.1, 0.15) is 0 Å². The number of nitrogens with one attached hydrogen (secondary N) is 2. The maximum atomic E-state index is 12.5. The van der Waals surface area contributed by atoms with E-state index >= 15 is 0 Å². The van der Waals surface area contributed by atoms with Crippen LogP contribution in [0.4, 0.5) is 0 Å². The Morgan fingerprint density at radius 3 is 3.00 bits per heavy atom. The van der Waals surface area contributed by atoms with Gasteiger partial charge in [-0.3, -0.25) is 4.79 Å². The average Bonchev–Trinajstić information content (AvgIpc) is 2.96. The number of hydrogen-bond acceptors (Lipinski definition) is 5. The van der Waals surface area contributed by atoms with Crippen LogP contribution in [0.1, 0.15) is 29.6 Å². The molecule has 124 valence electrons. The molecule has 8 nitrogen and oxygen atoms in total. The lowest BCUT2D eigenvalue weighted by molar-refractivity contribution is 0.0478. The van der Waals surface area contributed by atoms with E-state index in [4.69, 9.17) is 4.74 Å². The zero-order chi connectivity index (χ0) is 16.2. The standard InChI is InChI=1S/C15H20N4O4/c20-6-3-12(10-4-7-23-8-5-10)16-14(21)11-1-2-13-17-18-15(22)19(13)9-11/h1-2,9-10,12,20H,3-8H2,(H,16,21)(H,18,22). The summed E-state index contributed by atoms with van der Waals surface area (Å²) in [5, 5.41) is 18.4. The van der Waals surface area contributed by atoms with Gasteiger partial charge in [0, 0.05) is 32.1 Å². The van der Waals surface area contributed by atoms with E-state index in [2.05, 4.69) is 15.5 Å². The van der Waals surface area contributed by atoms with E-state index in [-0.39, 0.29) is 24.2 Å². The first-order valence-electron chi connectivity index (χ1n) is 7.75. The molecule has 1 aliphatic rings. The molecule has 0 aliphatic carbocycles. The molecule has 8 heteroatoms. The Kier molecular flexibility index (Phi) is 4.73. The second kappa shape index (κ2) is 6.93. The quantitative estimate of drug-likeness (QED) is 0.714. The summed E-state index contributed by atoms with van der Waals surface area (Å²) < 4.78 is 6.64. The van der Waals surface area contributed by atoms with Crippen LogP contribution in [0.3, 0.4) is 0 Å². The minimum absolute atomic E-state index is 0.0164. The van der Waals surface area contributed by atoms with Gasteiger partial charge >= 0.3 is 5.69 Å². The van der Waals surface area contributed by atoms with E-state index in [1.807, 2.05) is 0 Å². The normalized spacial score (nSPS) is 17.3. The van der Waals surface area contributed by atoms with Crippen LogP contribution in [0.2, 0.25) is 0 Å². The van der Waals surface area contributed by atoms with Crippen molar-refractivity contribution in [1.29, 1.82) is 0 Å². The van der Waals surface area contributed by atoms with Crippen LogP contribution >= 0.6 is 0 Å². The maximum absolute atomic E-state index is 12.5. The first kappa shape index (κ1) is 15.7. The highest BCUT2D eigenvalue weighted by Gasteiger charge is 2.25. The predicted octanol–water partition coefficient (Wildman–Crippen LogP) is -0.0700. The van der Waals surface area contributed by atoms with Gasteiger partial charge in [-0.15, -0.1) is 0 Å². The predicted molar refractivity (Wildman–Crippen MR) is 82.3 cm³/mol. The lowest BCUT2D eigenvalue weighted by atomic mass is 9.89. The van der Waals surface area contributed by atoms with Gasteiger partial charge in [-0.1, -0.05) is 0 Å². The summed E-state index contributed by atoms with van der Waals surface area (Å²) in [6.45, 7) is 1.38. The van der Waals surface area contributed by atoms with Crippen molar-refractivity contribution >= 4 is 11.6 Å². The third-order valence-electron chi connectivity index (χ3n) is 4.27. The number of pyridine rings is 1. The van der Waals surface area contributed by atoms with Crippen LogP contribution in [0.15, 0.2) is 23.1 Å². The summed E-state index contributed by atoms with van der Waals surface area (Å²) >= 11 is 0. The number of aliphatic hydroxyl groups excluding tert-OH is 1. The molecule has 2 aromatic heterocycles. The van der Waals surface area contributed by atoms with Gasteiger partial charge in [0.2, 0.25) is 0 Å². The Balaban J connectivity index is 1.76. The number of ether oxygens (including phenoxy) is 1. The molecule has 0 saturated carbocycles. The number of carbonyl (C=O) groups is 1. The topological polar surface area (TPSA) is 109 Å². The highest BCUT2D eigenvalue weighted by atomic mass is 16.5. The van der Waals surface area contributed by atoms with Gasteiger partial charge in [0.15, 0.2) is 5.65 Å². The van der Waals surface area contributed by atoms with Gasteiger partial charge < -0.3 is 15.2 Å². The molecule has 1 amide bonds. The molecule has 1 unspecified atom stereocenters. The van der Waals surface area contributed by atoms with Gasteiger partial charge in [0.25, 0.3) is 5.91 Å². The Morgan fingerprint density at radius 1 is 1.48 bits per heavy atom. The Hall–Kier alpha value is -2.19. The lowest BCUT2D eigenvalue weighted by Gasteiger charge is -2.30. The number of aliphatic hydroxyl groups is 1. The molecule has 3 heterocycles. The molecule has 1 saturated heterocycles. The number of nitrogens with zero attached hydrogens (tertiary/aromatic N) is 2. The number of rotatable bonds is 5. The van der Waals surface area contributed by atoms with E-state index in [1.165, 1.54) is 10.6 Å². The number of aromatic nitrogens is 3. The van der Waals surface area contributed by atoms with E-state index in [1.54, 1.807) is 12.1 Å². The minimum Gasteiger partial charge on any atom is -0.396 e. The molecule has 3 N–H and O–H groups in total. The summed E-state index contributed by atoms with van der Waals surface area (Å²) in [7, 11) is 0. The number of H-pyrrole nitrogens is 1. The van der Waals surface area contributed by atoms with Crippen LogP contribution in [-0.2, 0) is 4.74 Å². The smallest absolute Gasteiger partial charge is 0.347 e. The van der Waals surface area contributed by atoms with E-state index < -0.39 is 0 Å². The third kappa shape index (κ3) is 3.43. The molecule has 1 aliphatic heterocycles. The summed E-state index contributed by atoms with van der Waals surface area (Å²) in [5.74, 6) is 0.0326. The zero-order valence-electron chi connectivity index (χ0n) is 12.7. The Labute approximate surface area is 132 Å². The molecule has 0 bridgehead atoms. The summed E-state index contributed by atoms with van der Waals surface area (Å²) in [4.78, 5) is 24.1. The molecular formula is C15H20N4O4. The van der Waals surface area contributed by atoms with Crippen molar-refractivity contribution in [2.75, 3.05) is 19.8 Å². The molecule has 23 heavy (non-hydrogen) atoms. The van der Waals surface area contributed by atoms with Crippen molar-refractivity contribution in [2.45, 2.75) is 25.3 Å². The second-order valence-electron chi connectivity index (χ2n) is 5.72. The second-order valence-corrected chi connectivity index (χ2v) is 5.72. The van der Waals surface area contributed by atoms with Crippen LogP contribution in [-0.4, -0.2) is 51.5 Å². The molecule has 2 aromatic rings. The Bertz CT molecular complexity index is 732. The maximum Gasteiger partial charge on any atom is 0.347 e. The van der Waals surface area contributed by atoms with Gasteiger partial charge in [-0.05, 0) is 37.3 Å². The first-order valence-corrected chi connectivity index (χ1v) is 7.75.